The predicted octanol–water partition coefficient (Wildman–Crippen LogP) is 0.404. The van der Waals surface area contributed by atoms with Crippen LogP contribution in [-0.4, -0.2) is 22.6 Å². The monoisotopic (exact) mass is 162 g/mol. The fourth-order valence-corrected chi connectivity index (χ4v) is 1.31. The molecule has 1 aromatic rings. The van der Waals surface area contributed by atoms with Gasteiger partial charge < -0.3 is 4.90 Å². The molecule has 12 heavy (non-hydrogen) atoms. The van der Waals surface area contributed by atoms with Crippen molar-refractivity contribution < 1.29 is 4.79 Å². The van der Waals surface area contributed by atoms with E-state index in [1.165, 1.54) is 0 Å². The first-order valence-electron chi connectivity index (χ1n) is 3.87. The van der Waals surface area contributed by atoms with Gasteiger partial charge in [0.05, 0.1) is 11.9 Å². The van der Waals surface area contributed by atoms with Crippen molar-refractivity contribution >= 4 is 11.6 Å². The molecule has 61 valence electrons. The summed E-state index contributed by atoms with van der Waals surface area (Å²) in [6.45, 7) is 0.779. The topological polar surface area (TPSA) is 46.1 Å². The number of hydrogen-bond donors (Lipinski definition) is 0. The summed E-state index contributed by atoms with van der Waals surface area (Å²) in [4.78, 5) is 12.9. The van der Waals surface area contributed by atoms with Gasteiger partial charge in [0.1, 0.15) is 6.20 Å². The number of aromatic nitrogens is 2. The molecule has 0 N–H and O–H groups in total. The molecule has 0 bridgehead atoms. The summed E-state index contributed by atoms with van der Waals surface area (Å²) < 4.78 is 0. The van der Waals surface area contributed by atoms with Crippen LogP contribution in [0.1, 0.15) is 12.8 Å². The summed E-state index contributed by atoms with van der Waals surface area (Å²) >= 11 is 0. The molecule has 0 aliphatic carbocycles. The van der Waals surface area contributed by atoms with E-state index in [1.807, 2.05) is 0 Å². The maximum atomic E-state index is 11.2. The predicted molar refractivity (Wildman–Crippen MR) is 42.5 cm³/mol. The Bertz CT molecular complexity index is 286. The standard InChI is InChI=1S/C8H8N3O/c12-8-2-1-5-11(8)7-3-4-9-10-6-7/h3-4H,1-2,5H2. The SMILES string of the molecule is O=C1CCCN1c1[c]nncc1. The van der Waals surface area contributed by atoms with Gasteiger partial charge in [-0.2, -0.15) is 5.10 Å². The van der Waals surface area contributed by atoms with Gasteiger partial charge in [0.2, 0.25) is 5.91 Å². The highest BCUT2D eigenvalue weighted by atomic mass is 16.2. The van der Waals surface area contributed by atoms with Crippen LogP contribution in [0.25, 0.3) is 0 Å². The highest BCUT2D eigenvalue weighted by Crippen LogP contribution is 2.18. The Balaban J connectivity index is 2.25. The van der Waals surface area contributed by atoms with Gasteiger partial charge in [-0.25, -0.2) is 0 Å². The lowest BCUT2D eigenvalue weighted by atomic mass is 10.4. The third-order valence-electron chi connectivity index (χ3n) is 1.89. The lowest BCUT2D eigenvalue weighted by Gasteiger charge is -2.13. The lowest BCUT2D eigenvalue weighted by molar-refractivity contribution is -0.117. The number of rotatable bonds is 1. The maximum absolute atomic E-state index is 11.2. The molecule has 4 nitrogen and oxygen atoms in total. The molecular weight excluding hydrogens is 154 g/mol. The first-order chi connectivity index (χ1) is 5.88. The second-order valence-electron chi connectivity index (χ2n) is 2.68. The number of carbonyl (C=O) groups is 1. The summed E-state index contributed by atoms with van der Waals surface area (Å²) in [5.41, 5.74) is 0.729. The lowest BCUT2D eigenvalue weighted by Crippen LogP contribution is -2.23. The molecule has 0 saturated carbocycles. The van der Waals surface area contributed by atoms with Crippen molar-refractivity contribution in [2.75, 3.05) is 11.4 Å². The van der Waals surface area contributed by atoms with Gasteiger partial charge in [0.25, 0.3) is 0 Å². The van der Waals surface area contributed by atoms with Crippen LogP contribution in [0.3, 0.4) is 0 Å². The Morgan fingerprint density at radius 1 is 1.58 bits per heavy atom. The molecule has 1 aromatic heterocycles. The number of hydrogen-bond acceptors (Lipinski definition) is 3. The Morgan fingerprint density at radius 2 is 2.50 bits per heavy atom. The molecular formula is C8H8N3O. The largest absolute Gasteiger partial charge is 0.310 e. The molecule has 0 aromatic carbocycles. The van der Waals surface area contributed by atoms with Crippen LogP contribution in [-0.2, 0) is 4.79 Å². The first kappa shape index (κ1) is 7.21. The van der Waals surface area contributed by atoms with E-state index in [9.17, 15) is 4.79 Å². The van der Waals surface area contributed by atoms with Crippen molar-refractivity contribution in [2.24, 2.45) is 0 Å². The molecule has 0 spiro atoms. The van der Waals surface area contributed by atoms with Crippen LogP contribution >= 0.6 is 0 Å². The number of nitrogens with zero attached hydrogens (tertiary/aromatic N) is 3. The van der Waals surface area contributed by atoms with Gasteiger partial charge in [-0.1, -0.05) is 0 Å². The van der Waals surface area contributed by atoms with Crippen molar-refractivity contribution in [3.63, 3.8) is 0 Å². The van der Waals surface area contributed by atoms with Gasteiger partial charge in [0, 0.05) is 13.0 Å². The third kappa shape index (κ3) is 1.15. The molecule has 1 radical (unpaired) electrons. The minimum absolute atomic E-state index is 0.152. The Morgan fingerprint density at radius 3 is 3.08 bits per heavy atom. The fraction of sp³-hybridized carbons (Fsp3) is 0.375. The molecule has 0 atom stereocenters. The van der Waals surface area contributed by atoms with E-state index in [0.717, 1.165) is 18.7 Å². The molecule has 1 aliphatic heterocycles. The molecule has 2 heterocycles. The number of amides is 1. The van der Waals surface area contributed by atoms with Crippen LogP contribution in [0.4, 0.5) is 5.69 Å². The Hall–Kier alpha value is -1.45. The van der Waals surface area contributed by atoms with Crippen molar-refractivity contribution in [3.05, 3.63) is 18.5 Å². The van der Waals surface area contributed by atoms with E-state index in [-0.39, 0.29) is 5.91 Å². The fourth-order valence-electron chi connectivity index (χ4n) is 1.31. The van der Waals surface area contributed by atoms with Gasteiger partial charge in [-0.15, -0.1) is 5.10 Å². The van der Waals surface area contributed by atoms with Gasteiger partial charge in [-0.3, -0.25) is 4.79 Å². The highest BCUT2D eigenvalue weighted by molar-refractivity contribution is 5.94. The van der Waals surface area contributed by atoms with E-state index in [0.29, 0.717) is 6.42 Å². The van der Waals surface area contributed by atoms with E-state index < -0.39 is 0 Å². The zero-order valence-electron chi connectivity index (χ0n) is 6.53. The summed E-state index contributed by atoms with van der Waals surface area (Å²) in [6.07, 6.45) is 5.81. The van der Waals surface area contributed by atoms with Crippen LogP contribution < -0.4 is 4.90 Å². The van der Waals surface area contributed by atoms with Crippen LogP contribution in [0.15, 0.2) is 12.3 Å². The van der Waals surface area contributed by atoms with Crippen LogP contribution in [0, 0.1) is 6.20 Å². The van der Waals surface area contributed by atoms with Crippen molar-refractivity contribution in [1.82, 2.24) is 10.2 Å². The Kier molecular flexibility index (Phi) is 1.74. The molecule has 4 heteroatoms. The van der Waals surface area contributed by atoms with Gasteiger partial charge in [-0.05, 0) is 12.5 Å². The molecule has 1 fully saturated rings. The van der Waals surface area contributed by atoms with Gasteiger partial charge >= 0.3 is 0 Å². The summed E-state index contributed by atoms with van der Waals surface area (Å²) in [5, 5.41) is 7.19. The minimum Gasteiger partial charge on any atom is -0.310 e. The molecule has 1 aliphatic rings. The van der Waals surface area contributed by atoms with E-state index in [1.54, 1.807) is 17.2 Å². The summed E-state index contributed by atoms with van der Waals surface area (Å²) in [7, 11) is 0. The second-order valence-corrected chi connectivity index (χ2v) is 2.68. The minimum atomic E-state index is 0.152. The second kappa shape index (κ2) is 2.89. The number of anilines is 1. The number of carbonyl (C=O) groups excluding carboxylic acids is 1. The van der Waals surface area contributed by atoms with Crippen molar-refractivity contribution in [2.45, 2.75) is 12.8 Å². The molecule has 0 unspecified atom stereocenters. The normalized spacial score (nSPS) is 17.0. The zero-order valence-corrected chi connectivity index (χ0v) is 6.53. The van der Waals surface area contributed by atoms with E-state index in [4.69, 9.17) is 0 Å². The van der Waals surface area contributed by atoms with Gasteiger partial charge in [0.15, 0.2) is 0 Å². The maximum Gasteiger partial charge on any atom is 0.227 e. The molecule has 2 rings (SSSR count). The Labute approximate surface area is 70.2 Å². The van der Waals surface area contributed by atoms with Crippen LogP contribution in [0.2, 0.25) is 0 Å². The molecule has 1 amide bonds. The van der Waals surface area contributed by atoms with Crippen molar-refractivity contribution in [3.8, 4) is 0 Å². The summed E-state index contributed by atoms with van der Waals surface area (Å²) in [5.74, 6) is 0.152. The van der Waals surface area contributed by atoms with E-state index in [2.05, 4.69) is 16.4 Å². The zero-order chi connectivity index (χ0) is 8.39. The van der Waals surface area contributed by atoms with Crippen LogP contribution in [0.5, 0.6) is 0 Å². The third-order valence-corrected chi connectivity index (χ3v) is 1.89. The highest BCUT2D eigenvalue weighted by Gasteiger charge is 2.21. The average Bonchev–Trinajstić information content (AvgIpc) is 2.53. The quantitative estimate of drug-likeness (QED) is 0.600. The average molecular weight is 162 g/mol. The van der Waals surface area contributed by atoms with E-state index >= 15 is 0 Å². The first-order valence-corrected chi connectivity index (χ1v) is 3.87. The van der Waals surface area contributed by atoms with Crippen molar-refractivity contribution in [1.29, 1.82) is 0 Å². The molecule has 1 saturated heterocycles. The smallest absolute Gasteiger partial charge is 0.227 e. The summed E-state index contributed by atoms with van der Waals surface area (Å²) in [6, 6.07) is 1.75.